The minimum Gasteiger partial charge on any atom is -0.477 e. The molecule has 144 valence electrons. The van der Waals surface area contributed by atoms with Gasteiger partial charge in [0, 0.05) is 42.2 Å². The monoisotopic (exact) mass is 373 g/mol. The molecule has 27 heavy (non-hydrogen) atoms. The van der Waals surface area contributed by atoms with E-state index in [4.69, 9.17) is 5.73 Å². The number of pyridine rings is 1. The van der Waals surface area contributed by atoms with Crippen LogP contribution in [0.3, 0.4) is 0 Å². The number of benzene rings is 1. The van der Waals surface area contributed by atoms with E-state index in [9.17, 15) is 19.1 Å². The summed E-state index contributed by atoms with van der Waals surface area (Å²) >= 11 is 0. The lowest BCUT2D eigenvalue weighted by Gasteiger charge is -2.26. The average molecular weight is 373 g/mol. The van der Waals surface area contributed by atoms with Crippen LogP contribution in [0.15, 0.2) is 23.1 Å². The molecular weight excluding hydrogens is 349 g/mol. The maximum atomic E-state index is 14.9. The van der Waals surface area contributed by atoms with Crippen LogP contribution in [0, 0.1) is 11.2 Å². The number of hydrogen-bond donors (Lipinski definition) is 2. The lowest BCUT2D eigenvalue weighted by molar-refractivity contribution is 0.0695. The van der Waals surface area contributed by atoms with Crippen LogP contribution in [-0.2, 0) is 0 Å². The van der Waals surface area contributed by atoms with Crippen LogP contribution in [0.2, 0.25) is 0 Å². The second-order valence-electron chi connectivity index (χ2n) is 8.13. The Bertz CT molecular complexity index is 998. The molecule has 1 saturated carbocycles. The molecule has 1 aliphatic carbocycles. The molecule has 2 aliphatic rings. The van der Waals surface area contributed by atoms with Gasteiger partial charge in [-0.15, -0.1) is 0 Å². The van der Waals surface area contributed by atoms with Crippen molar-refractivity contribution in [1.82, 2.24) is 4.57 Å². The Kier molecular flexibility index (Phi) is 4.03. The predicted molar refractivity (Wildman–Crippen MR) is 102 cm³/mol. The van der Waals surface area contributed by atoms with Gasteiger partial charge in [-0.1, -0.05) is 13.8 Å². The van der Waals surface area contributed by atoms with Crippen molar-refractivity contribution >= 4 is 22.6 Å². The quantitative estimate of drug-likeness (QED) is 0.860. The Morgan fingerprint density at radius 2 is 2.11 bits per heavy atom. The summed E-state index contributed by atoms with van der Waals surface area (Å²) in [7, 11) is 0. The van der Waals surface area contributed by atoms with Gasteiger partial charge in [0.1, 0.15) is 11.4 Å². The van der Waals surface area contributed by atoms with Crippen LogP contribution in [-0.4, -0.2) is 34.8 Å². The number of nitrogens with zero attached hydrogens (tertiary/aromatic N) is 2. The topological polar surface area (TPSA) is 88.6 Å². The minimum atomic E-state index is -1.29. The zero-order valence-electron chi connectivity index (χ0n) is 15.5. The lowest BCUT2D eigenvalue weighted by atomic mass is 9.83. The fraction of sp³-hybridized carbons (Fsp3) is 0.500. The Balaban J connectivity index is 1.89. The van der Waals surface area contributed by atoms with Gasteiger partial charge in [0.05, 0.1) is 11.2 Å². The number of fused-ring (bicyclic) bond motifs is 1. The van der Waals surface area contributed by atoms with E-state index in [1.165, 1.54) is 12.3 Å². The number of anilines is 1. The largest absolute Gasteiger partial charge is 0.477 e. The number of hydrogen-bond acceptors (Lipinski definition) is 4. The third-order valence-corrected chi connectivity index (χ3v) is 6.28. The van der Waals surface area contributed by atoms with E-state index < -0.39 is 17.2 Å². The Morgan fingerprint density at radius 1 is 1.41 bits per heavy atom. The van der Waals surface area contributed by atoms with Gasteiger partial charge in [0.25, 0.3) is 0 Å². The highest BCUT2D eigenvalue weighted by molar-refractivity contribution is 5.93. The van der Waals surface area contributed by atoms with Gasteiger partial charge in [0.15, 0.2) is 0 Å². The van der Waals surface area contributed by atoms with Crippen molar-refractivity contribution in [1.29, 1.82) is 0 Å². The van der Waals surface area contributed by atoms with Crippen molar-refractivity contribution in [3.8, 4) is 0 Å². The second-order valence-corrected chi connectivity index (χ2v) is 8.13. The van der Waals surface area contributed by atoms with Crippen molar-refractivity contribution in [3.05, 3.63) is 39.9 Å². The minimum absolute atomic E-state index is 0.0578. The first-order valence-corrected chi connectivity index (χ1v) is 9.37. The van der Waals surface area contributed by atoms with E-state index in [2.05, 4.69) is 13.8 Å². The molecule has 0 spiro atoms. The van der Waals surface area contributed by atoms with Crippen molar-refractivity contribution in [2.24, 2.45) is 11.1 Å². The van der Waals surface area contributed by atoms with Gasteiger partial charge >= 0.3 is 5.97 Å². The molecule has 1 aromatic carbocycles. The zero-order valence-corrected chi connectivity index (χ0v) is 15.5. The van der Waals surface area contributed by atoms with Crippen LogP contribution < -0.4 is 16.1 Å². The smallest absolute Gasteiger partial charge is 0.341 e. The van der Waals surface area contributed by atoms with Gasteiger partial charge in [-0.3, -0.25) is 4.79 Å². The summed E-state index contributed by atoms with van der Waals surface area (Å²) in [5, 5.41) is 9.45. The number of aromatic carboxylic acids is 1. The number of halogens is 1. The normalized spacial score (nSPS) is 25.3. The third-order valence-electron chi connectivity index (χ3n) is 6.28. The standard InChI is InChI=1S/C20H24FN3O3/c1-3-20(2)10-23(9-17(20)22)16-7-15-12(6-14(16)21)18(25)13(19(26)27)8-24(15)11-4-5-11/h6-8,11,17H,3-5,9-10,22H2,1-2H3,(H,26,27). The molecular formula is C20H24FN3O3. The summed E-state index contributed by atoms with van der Waals surface area (Å²) in [5.41, 5.74) is 6.25. The molecule has 1 saturated heterocycles. The van der Waals surface area contributed by atoms with Gasteiger partial charge in [0.2, 0.25) is 5.43 Å². The maximum absolute atomic E-state index is 14.9. The molecule has 4 rings (SSSR count). The van der Waals surface area contributed by atoms with Crippen LogP contribution in [0.5, 0.6) is 0 Å². The van der Waals surface area contributed by atoms with Gasteiger partial charge in [-0.2, -0.15) is 0 Å². The van der Waals surface area contributed by atoms with Crippen LogP contribution in [0.25, 0.3) is 10.9 Å². The highest BCUT2D eigenvalue weighted by Gasteiger charge is 2.40. The highest BCUT2D eigenvalue weighted by Crippen LogP contribution is 2.40. The van der Waals surface area contributed by atoms with Gasteiger partial charge in [-0.25, -0.2) is 9.18 Å². The molecule has 1 aliphatic heterocycles. The molecule has 2 fully saturated rings. The van der Waals surface area contributed by atoms with Gasteiger partial charge in [-0.05, 0) is 31.4 Å². The van der Waals surface area contributed by atoms with E-state index in [1.54, 1.807) is 6.07 Å². The van der Waals surface area contributed by atoms with Crippen molar-refractivity contribution in [2.45, 2.75) is 45.2 Å². The van der Waals surface area contributed by atoms with Crippen molar-refractivity contribution < 1.29 is 14.3 Å². The number of carboxylic acids is 1. The molecule has 6 nitrogen and oxygen atoms in total. The Hall–Kier alpha value is -2.41. The lowest BCUT2D eigenvalue weighted by Crippen LogP contribution is -2.37. The highest BCUT2D eigenvalue weighted by atomic mass is 19.1. The van der Waals surface area contributed by atoms with Crippen LogP contribution >= 0.6 is 0 Å². The number of nitrogens with two attached hydrogens (primary N) is 1. The SMILES string of the molecule is CCC1(C)CN(c2cc3c(cc2F)c(=O)c(C(=O)O)cn3C2CC2)CC1N. The first-order valence-electron chi connectivity index (χ1n) is 9.37. The zero-order chi connectivity index (χ0) is 19.5. The molecule has 1 aromatic heterocycles. The summed E-state index contributed by atoms with van der Waals surface area (Å²) in [6, 6.07) is 2.97. The molecule has 2 unspecified atom stereocenters. The fourth-order valence-electron chi connectivity index (χ4n) is 4.04. The molecule has 2 heterocycles. The average Bonchev–Trinajstić information content (AvgIpc) is 3.41. The van der Waals surface area contributed by atoms with Crippen molar-refractivity contribution in [2.75, 3.05) is 18.0 Å². The van der Waals surface area contributed by atoms with Crippen molar-refractivity contribution in [3.63, 3.8) is 0 Å². The maximum Gasteiger partial charge on any atom is 0.341 e. The first-order chi connectivity index (χ1) is 12.7. The van der Waals surface area contributed by atoms with E-state index in [0.717, 1.165) is 19.3 Å². The second kappa shape index (κ2) is 6.05. The number of carboxylic acid groups (broad SMARTS) is 1. The summed E-state index contributed by atoms with van der Waals surface area (Å²) in [4.78, 5) is 25.9. The molecule has 2 aromatic rings. The summed E-state index contributed by atoms with van der Waals surface area (Å²) in [6.07, 6.45) is 4.14. The molecule has 0 bridgehead atoms. The number of aromatic nitrogens is 1. The predicted octanol–water partition coefficient (Wildman–Crippen LogP) is 2.74. The molecule has 0 radical (unpaired) electrons. The fourth-order valence-corrected chi connectivity index (χ4v) is 4.04. The van der Waals surface area contributed by atoms with E-state index in [0.29, 0.717) is 24.3 Å². The molecule has 0 amide bonds. The summed E-state index contributed by atoms with van der Waals surface area (Å²) in [6.45, 7) is 5.38. The number of carbonyl (C=O) groups is 1. The molecule has 3 N–H and O–H groups in total. The third kappa shape index (κ3) is 2.81. The van der Waals surface area contributed by atoms with Crippen LogP contribution in [0.1, 0.15) is 49.5 Å². The first kappa shape index (κ1) is 18.0. The molecule has 2 atom stereocenters. The summed E-state index contributed by atoms with van der Waals surface area (Å²) in [5.74, 6) is -1.80. The van der Waals surface area contributed by atoms with E-state index in [1.807, 2.05) is 9.47 Å². The Morgan fingerprint density at radius 3 is 2.67 bits per heavy atom. The van der Waals surface area contributed by atoms with Gasteiger partial charge < -0.3 is 20.3 Å². The number of rotatable bonds is 4. The Labute approximate surface area is 156 Å². The van der Waals surface area contributed by atoms with E-state index >= 15 is 0 Å². The summed E-state index contributed by atoms with van der Waals surface area (Å²) < 4.78 is 16.8. The van der Waals surface area contributed by atoms with Crippen LogP contribution in [0.4, 0.5) is 10.1 Å². The molecule has 7 heteroatoms. The van der Waals surface area contributed by atoms with E-state index in [-0.39, 0.29) is 28.4 Å².